The van der Waals surface area contributed by atoms with E-state index < -0.39 is 0 Å². The summed E-state index contributed by atoms with van der Waals surface area (Å²) in [6.07, 6.45) is 0. The fourth-order valence-electron chi connectivity index (χ4n) is 7.03. The topological polar surface area (TPSA) is 0 Å². The van der Waals surface area contributed by atoms with Crippen molar-refractivity contribution in [1.29, 1.82) is 0 Å². The summed E-state index contributed by atoms with van der Waals surface area (Å²) in [5.74, 6) is 0. The molecule has 0 atom stereocenters. The average Bonchev–Trinajstić information content (AvgIpc) is 3.23. The first-order valence-electron chi connectivity index (χ1n) is 13.2. The molecule has 37 heavy (non-hydrogen) atoms. The summed E-state index contributed by atoms with van der Waals surface area (Å²) in [6.45, 7) is 14.0. The quantitative estimate of drug-likeness (QED) is 0.197. The highest BCUT2D eigenvalue weighted by Crippen LogP contribution is 2.58. The van der Waals surface area contributed by atoms with Gasteiger partial charge in [-0.1, -0.05) is 97.7 Å². The number of rotatable bonds is 1. The second kappa shape index (κ2) is 7.45. The number of benzene rings is 5. The van der Waals surface area contributed by atoms with Crippen molar-refractivity contribution in [1.82, 2.24) is 0 Å². The van der Waals surface area contributed by atoms with Gasteiger partial charge in [-0.05, 0) is 116 Å². The Hall–Kier alpha value is -3.16. The molecule has 0 heterocycles. The molecule has 0 N–H and O–H groups in total. The van der Waals surface area contributed by atoms with Crippen LogP contribution in [0.2, 0.25) is 0 Å². The Kier molecular flexibility index (Phi) is 4.63. The zero-order chi connectivity index (χ0) is 25.9. The first kappa shape index (κ1) is 23.0. The van der Waals surface area contributed by atoms with Crippen LogP contribution in [0.15, 0.2) is 83.3 Å². The monoisotopic (exact) mass is 542 g/mol. The van der Waals surface area contributed by atoms with Crippen LogP contribution in [0, 0.1) is 13.8 Å². The summed E-state index contributed by atoms with van der Waals surface area (Å²) >= 11 is 3.72. The van der Waals surface area contributed by atoms with E-state index in [9.17, 15) is 0 Å². The largest absolute Gasteiger partial charge is 0.0616 e. The van der Waals surface area contributed by atoms with Crippen LogP contribution in [0.3, 0.4) is 0 Å². The Morgan fingerprint density at radius 3 is 1.92 bits per heavy atom. The van der Waals surface area contributed by atoms with E-state index in [0.29, 0.717) is 0 Å². The van der Waals surface area contributed by atoms with Crippen molar-refractivity contribution in [2.24, 2.45) is 0 Å². The first-order chi connectivity index (χ1) is 17.6. The van der Waals surface area contributed by atoms with E-state index in [1.54, 1.807) is 0 Å². The lowest BCUT2D eigenvalue weighted by Crippen LogP contribution is -2.17. The molecule has 0 aliphatic heterocycles. The minimum Gasteiger partial charge on any atom is -0.0616 e. The van der Waals surface area contributed by atoms with Gasteiger partial charge in [0.2, 0.25) is 0 Å². The highest BCUT2D eigenvalue weighted by atomic mass is 79.9. The van der Waals surface area contributed by atoms with E-state index in [4.69, 9.17) is 0 Å². The molecule has 0 radical (unpaired) electrons. The van der Waals surface area contributed by atoms with E-state index >= 15 is 0 Å². The maximum atomic E-state index is 3.72. The molecule has 0 nitrogen and oxygen atoms in total. The van der Waals surface area contributed by atoms with Gasteiger partial charge in [-0.25, -0.2) is 0 Å². The summed E-state index contributed by atoms with van der Waals surface area (Å²) in [7, 11) is 0. The molecule has 1 heteroatoms. The molecule has 0 fully saturated rings. The van der Waals surface area contributed by atoms with Gasteiger partial charge >= 0.3 is 0 Å². The predicted octanol–water partition coefficient (Wildman–Crippen LogP) is 10.5. The molecular weight excluding hydrogens is 512 g/mol. The summed E-state index contributed by atoms with van der Waals surface area (Å²) in [6, 6.07) is 30.2. The van der Waals surface area contributed by atoms with Crippen molar-refractivity contribution in [2.75, 3.05) is 0 Å². The van der Waals surface area contributed by atoms with Crippen molar-refractivity contribution in [3.05, 3.63) is 117 Å². The molecule has 182 valence electrons. The summed E-state index contributed by atoms with van der Waals surface area (Å²) < 4.78 is 1.15. The molecule has 0 aromatic heterocycles. The summed E-state index contributed by atoms with van der Waals surface area (Å²) in [4.78, 5) is 0. The normalized spacial score (nSPS) is 15.9. The predicted molar refractivity (Wildman–Crippen MR) is 162 cm³/mol. The SMILES string of the molecule is Cc1ccc(C)c(-c2cc3c(c4ccccc24)-c2cc4c(cc2C3(C)C)-c2ccc(Br)cc2C4(C)C)c1. The van der Waals surface area contributed by atoms with Crippen LogP contribution in [0.25, 0.3) is 44.2 Å². The van der Waals surface area contributed by atoms with Crippen LogP contribution < -0.4 is 0 Å². The molecule has 5 aromatic carbocycles. The lowest BCUT2D eigenvalue weighted by Gasteiger charge is -2.24. The van der Waals surface area contributed by atoms with Gasteiger partial charge in [-0.2, -0.15) is 0 Å². The summed E-state index contributed by atoms with van der Waals surface area (Å²) in [5, 5.41) is 2.70. The molecule has 0 spiro atoms. The number of hydrogen-bond acceptors (Lipinski definition) is 0. The molecular formula is C36H31Br. The molecule has 2 aliphatic rings. The van der Waals surface area contributed by atoms with Gasteiger partial charge in [0.05, 0.1) is 0 Å². The van der Waals surface area contributed by atoms with Crippen molar-refractivity contribution in [3.8, 4) is 33.4 Å². The fourth-order valence-corrected chi connectivity index (χ4v) is 7.39. The van der Waals surface area contributed by atoms with Crippen LogP contribution >= 0.6 is 15.9 Å². The van der Waals surface area contributed by atoms with Gasteiger partial charge in [0.25, 0.3) is 0 Å². The van der Waals surface area contributed by atoms with Gasteiger partial charge in [-0.15, -0.1) is 0 Å². The Morgan fingerprint density at radius 2 is 1.14 bits per heavy atom. The first-order valence-corrected chi connectivity index (χ1v) is 14.0. The Labute approximate surface area is 228 Å². The van der Waals surface area contributed by atoms with Crippen molar-refractivity contribution in [3.63, 3.8) is 0 Å². The van der Waals surface area contributed by atoms with E-state index in [1.165, 1.54) is 77.5 Å². The van der Waals surface area contributed by atoms with Gasteiger partial charge in [0, 0.05) is 15.3 Å². The van der Waals surface area contributed by atoms with Crippen LogP contribution in [0.1, 0.15) is 61.1 Å². The van der Waals surface area contributed by atoms with Crippen molar-refractivity contribution < 1.29 is 0 Å². The fraction of sp³-hybridized carbons (Fsp3) is 0.222. The smallest absolute Gasteiger partial charge is 0.0178 e. The van der Waals surface area contributed by atoms with E-state index in [-0.39, 0.29) is 10.8 Å². The molecule has 0 unspecified atom stereocenters. The van der Waals surface area contributed by atoms with Gasteiger partial charge in [0.15, 0.2) is 0 Å². The van der Waals surface area contributed by atoms with Gasteiger partial charge in [-0.3, -0.25) is 0 Å². The van der Waals surface area contributed by atoms with Crippen LogP contribution in [-0.4, -0.2) is 0 Å². The van der Waals surface area contributed by atoms with E-state index in [2.05, 4.69) is 136 Å². The lowest BCUT2D eigenvalue weighted by atomic mass is 9.78. The third-order valence-corrected chi connectivity index (χ3v) is 9.61. The van der Waals surface area contributed by atoms with Crippen molar-refractivity contribution in [2.45, 2.75) is 52.4 Å². The Morgan fingerprint density at radius 1 is 0.514 bits per heavy atom. The van der Waals surface area contributed by atoms with Gasteiger partial charge in [0.1, 0.15) is 0 Å². The minimum absolute atomic E-state index is 0.0369. The van der Waals surface area contributed by atoms with E-state index in [0.717, 1.165) is 4.47 Å². The minimum atomic E-state index is -0.0849. The molecule has 0 bridgehead atoms. The number of aryl methyl sites for hydroxylation is 2. The number of halogens is 1. The maximum absolute atomic E-state index is 3.72. The van der Waals surface area contributed by atoms with Gasteiger partial charge < -0.3 is 0 Å². The van der Waals surface area contributed by atoms with Crippen LogP contribution in [0.4, 0.5) is 0 Å². The van der Waals surface area contributed by atoms with Crippen molar-refractivity contribution >= 4 is 26.7 Å². The second-order valence-electron chi connectivity index (χ2n) is 12.1. The molecule has 0 saturated heterocycles. The zero-order valence-corrected chi connectivity index (χ0v) is 24.0. The third-order valence-electron chi connectivity index (χ3n) is 9.12. The molecule has 2 aliphatic carbocycles. The average molecular weight is 544 g/mol. The van der Waals surface area contributed by atoms with Crippen LogP contribution in [0.5, 0.6) is 0 Å². The maximum Gasteiger partial charge on any atom is 0.0178 e. The highest BCUT2D eigenvalue weighted by molar-refractivity contribution is 9.10. The standard InChI is InChI=1S/C36H31Br/c1-20-11-12-21(2)26(15-20)27-17-33-34(25-10-8-7-9-23(25)27)29-19-31-28(18-32(29)36(33,5)6)24-14-13-22(37)16-30(24)35(31,3)4/h7-19H,1-6H3. The zero-order valence-electron chi connectivity index (χ0n) is 22.4. The highest BCUT2D eigenvalue weighted by Gasteiger charge is 2.42. The summed E-state index contributed by atoms with van der Waals surface area (Å²) in [5.41, 5.74) is 16.5. The Balaban J connectivity index is 1.56. The third kappa shape index (κ3) is 3.01. The Bertz CT molecular complexity index is 1800. The van der Waals surface area contributed by atoms with E-state index in [1.807, 2.05) is 0 Å². The second-order valence-corrected chi connectivity index (χ2v) is 13.0. The molecule has 0 saturated carbocycles. The lowest BCUT2D eigenvalue weighted by molar-refractivity contribution is 0.652. The number of fused-ring (bicyclic) bond motifs is 8. The van der Waals surface area contributed by atoms with Crippen LogP contribution in [-0.2, 0) is 10.8 Å². The number of hydrogen-bond donors (Lipinski definition) is 0. The molecule has 0 amide bonds. The molecule has 7 rings (SSSR count). The molecule has 5 aromatic rings.